The van der Waals surface area contributed by atoms with Crippen LogP contribution in [-0.4, -0.2) is 48.7 Å². The molecule has 0 heterocycles. The maximum atomic E-state index is 13.9. The molecule has 0 radical (unpaired) electrons. The number of nitrogens with one attached hydrogen (secondary N) is 2. The number of amides is 2. The van der Waals surface area contributed by atoms with Crippen LogP contribution in [-0.2, 0) is 9.47 Å². The van der Waals surface area contributed by atoms with Gasteiger partial charge in [-0.25, -0.2) is 14.0 Å². The second kappa shape index (κ2) is 8.90. The largest absolute Gasteiger partial charge is 0.444 e. The zero-order valence-electron chi connectivity index (χ0n) is 14.9. The first-order valence-corrected chi connectivity index (χ1v) is 7.63. The first kappa shape index (κ1) is 21.4. The van der Waals surface area contributed by atoms with Crippen LogP contribution in [0.1, 0.15) is 48.0 Å². The molecule has 0 aliphatic rings. The second-order valence-electron chi connectivity index (χ2n) is 7.29. The number of alkyl halides is 1. The molecule has 0 saturated carbocycles. The summed E-state index contributed by atoms with van der Waals surface area (Å²) in [5.74, 6) is 0. The highest BCUT2D eigenvalue weighted by Gasteiger charge is 2.22. The minimum absolute atomic E-state index is 0.0362. The smallest absolute Gasteiger partial charge is 0.407 e. The van der Waals surface area contributed by atoms with E-state index in [-0.39, 0.29) is 19.5 Å². The molecule has 7 nitrogen and oxygen atoms in total. The van der Waals surface area contributed by atoms with Crippen molar-refractivity contribution >= 4 is 12.2 Å². The zero-order chi connectivity index (χ0) is 18.3. The normalized spacial score (nSPS) is 14.6. The minimum Gasteiger partial charge on any atom is -0.444 e. The highest BCUT2D eigenvalue weighted by atomic mass is 19.1. The van der Waals surface area contributed by atoms with Crippen molar-refractivity contribution in [2.24, 2.45) is 5.73 Å². The quantitative estimate of drug-likeness (QED) is 0.690. The van der Waals surface area contributed by atoms with E-state index in [1.165, 1.54) is 0 Å². The van der Waals surface area contributed by atoms with Gasteiger partial charge in [0.15, 0.2) is 0 Å². The highest BCUT2D eigenvalue weighted by molar-refractivity contribution is 5.68. The third-order valence-electron chi connectivity index (χ3n) is 2.41. The zero-order valence-corrected chi connectivity index (χ0v) is 14.9. The van der Waals surface area contributed by atoms with E-state index >= 15 is 0 Å². The summed E-state index contributed by atoms with van der Waals surface area (Å²) >= 11 is 0. The summed E-state index contributed by atoms with van der Waals surface area (Å²) in [6.45, 7) is 10.2. The van der Waals surface area contributed by atoms with Crippen molar-refractivity contribution in [1.82, 2.24) is 10.6 Å². The number of ether oxygens (including phenoxy) is 2. The van der Waals surface area contributed by atoms with Crippen molar-refractivity contribution in [3.8, 4) is 0 Å². The van der Waals surface area contributed by atoms with E-state index in [0.29, 0.717) is 0 Å². The standard InChI is InChI=1S/C15H30FN3O4/c1-14(2,3)22-12(20)18-9-10(16)7-11(8-17)19-13(21)23-15(4,5)6/h10-11H,7-9,17H2,1-6H3,(H,18,20)(H,19,21)/t10?,11-/m0/s1. The lowest BCUT2D eigenvalue weighted by molar-refractivity contribution is 0.0473. The topological polar surface area (TPSA) is 103 Å². The van der Waals surface area contributed by atoms with Gasteiger partial charge in [0, 0.05) is 19.0 Å². The molecule has 4 N–H and O–H groups in total. The molecule has 0 rings (SSSR count). The number of alkyl carbamates (subject to hydrolysis) is 2. The van der Waals surface area contributed by atoms with Crippen LogP contribution in [0.3, 0.4) is 0 Å². The van der Waals surface area contributed by atoms with Crippen molar-refractivity contribution in [3.63, 3.8) is 0 Å². The summed E-state index contributed by atoms with van der Waals surface area (Å²) in [6.07, 6.45) is -2.75. The fourth-order valence-corrected chi connectivity index (χ4v) is 1.59. The van der Waals surface area contributed by atoms with E-state index in [1.54, 1.807) is 41.5 Å². The minimum atomic E-state index is -1.37. The number of carbonyl (C=O) groups is 2. The molecular formula is C15H30FN3O4. The van der Waals surface area contributed by atoms with Crippen LogP contribution in [0.5, 0.6) is 0 Å². The van der Waals surface area contributed by atoms with E-state index in [2.05, 4.69) is 10.6 Å². The first-order valence-electron chi connectivity index (χ1n) is 7.63. The van der Waals surface area contributed by atoms with Gasteiger partial charge in [0.05, 0.1) is 6.54 Å². The van der Waals surface area contributed by atoms with Crippen LogP contribution in [0.2, 0.25) is 0 Å². The fourth-order valence-electron chi connectivity index (χ4n) is 1.59. The van der Waals surface area contributed by atoms with Crippen molar-refractivity contribution in [3.05, 3.63) is 0 Å². The molecule has 2 amide bonds. The lowest BCUT2D eigenvalue weighted by atomic mass is 10.1. The molecule has 8 heteroatoms. The molecule has 0 spiro atoms. The van der Waals surface area contributed by atoms with Crippen LogP contribution in [0.25, 0.3) is 0 Å². The number of nitrogens with two attached hydrogens (primary N) is 1. The third-order valence-corrected chi connectivity index (χ3v) is 2.41. The Labute approximate surface area is 137 Å². The van der Waals surface area contributed by atoms with E-state index in [9.17, 15) is 14.0 Å². The van der Waals surface area contributed by atoms with Crippen LogP contribution >= 0.6 is 0 Å². The summed E-state index contributed by atoms with van der Waals surface area (Å²) in [5, 5.41) is 4.85. The number of halogens is 1. The van der Waals surface area contributed by atoms with Crippen LogP contribution in [0.4, 0.5) is 14.0 Å². The summed E-state index contributed by atoms with van der Waals surface area (Å²) in [5.41, 5.74) is 4.24. The van der Waals surface area contributed by atoms with Gasteiger partial charge in [-0.2, -0.15) is 0 Å². The molecule has 0 bridgehead atoms. The predicted octanol–water partition coefficient (Wildman–Crippen LogP) is 2.09. The van der Waals surface area contributed by atoms with E-state index < -0.39 is 35.6 Å². The number of carbonyl (C=O) groups excluding carboxylic acids is 2. The Balaban J connectivity index is 4.21. The van der Waals surface area contributed by atoms with E-state index in [4.69, 9.17) is 15.2 Å². The molecule has 0 aromatic carbocycles. The number of rotatable bonds is 6. The van der Waals surface area contributed by atoms with Crippen molar-refractivity contribution in [2.45, 2.75) is 71.4 Å². The lowest BCUT2D eigenvalue weighted by Gasteiger charge is -2.24. The summed E-state index contributed by atoms with van der Waals surface area (Å²) < 4.78 is 24.0. The number of hydrogen-bond acceptors (Lipinski definition) is 5. The van der Waals surface area contributed by atoms with E-state index in [1.807, 2.05) is 0 Å². The number of hydrogen-bond donors (Lipinski definition) is 3. The molecule has 0 aromatic heterocycles. The summed E-state index contributed by atoms with van der Waals surface area (Å²) in [6, 6.07) is -0.583. The molecule has 23 heavy (non-hydrogen) atoms. The first-order chi connectivity index (χ1) is 10.3. The predicted molar refractivity (Wildman–Crippen MR) is 86.0 cm³/mol. The van der Waals surface area contributed by atoms with Gasteiger partial charge in [-0.15, -0.1) is 0 Å². The van der Waals surface area contributed by atoms with Crippen molar-refractivity contribution in [2.75, 3.05) is 13.1 Å². The van der Waals surface area contributed by atoms with Crippen molar-refractivity contribution in [1.29, 1.82) is 0 Å². The Kier molecular flexibility index (Phi) is 8.30. The molecular weight excluding hydrogens is 305 g/mol. The molecule has 0 aliphatic carbocycles. The van der Waals surface area contributed by atoms with Gasteiger partial charge in [-0.3, -0.25) is 0 Å². The molecule has 2 atom stereocenters. The summed E-state index contributed by atoms with van der Waals surface area (Å²) in [4.78, 5) is 23.1. The fraction of sp³-hybridized carbons (Fsp3) is 0.867. The van der Waals surface area contributed by atoms with Gasteiger partial charge in [-0.05, 0) is 41.5 Å². The highest BCUT2D eigenvalue weighted by Crippen LogP contribution is 2.09. The van der Waals surface area contributed by atoms with Gasteiger partial charge >= 0.3 is 12.2 Å². The maximum absolute atomic E-state index is 13.9. The molecule has 1 unspecified atom stereocenters. The molecule has 0 fully saturated rings. The van der Waals surface area contributed by atoms with Crippen molar-refractivity contribution < 1.29 is 23.5 Å². The second-order valence-corrected chi connectivity index (χ2v) is 7.29. The monoisotopic (exact) mass is 335 g/mol. The van der Waals surface area contributed by atoms with Gasteiger partial charge in [0.1, 0.15) is 17.4 Å². The maximum Gasteiger partial charge on any atom is 0.407 e. The molecule has 0 aliphatic heterocycles. The molecule has 0 aromatic rings. The van der Waals surface area contributed by atoms with Crippen LogP contribution in [0, 0.1) is 0 Å². The van der Waals surface area contributed by atoms with Crippen LogP contribution < -0.4 is 16.4 Å². The van der Waals surface area contributed by atoms with Gasteiger partial charge in [0.2, 0.25) is 0 Å². The SMILES string of the molecule is CC(C)(C)OC(=O)NCC(F)C[C@@H](CN)NC(=O)OC(C)(C)C. The van der Waals surface area contributed by atoms with E-state index in [0.717, 1.165) is 0 Å². The average Bonchev–Trinajstić information content (AvgIpc) is 2.31. The van der Waals surface area contributed by atoms with Crippen LogP contribution in [0.15, 0.2) is 0 Å². The Morgan fingerprint density at radius 2 is 1.52 bits per heavy atom. The lowest BCUT2D eigenvalue weighted by Crippen LogP contribution is -2.45. The Morgan fingerprint density at radius 1 is 1.04 bits per heavy atom. The summed E-state index contributed by atoms with van der Waals surface area (Å²) in [7, 11) is 0. The molecule has 0 saturated heterocycles. The third kappa shape index (κ3) is 12.6. The van der Waals surface area contributed by atoms with Gasteiger partial charge in [0.25, 0.3) is 0 Å². The average molecular weight is 335 g/mol. The van der Waals surface area contributed by atoms with Gasteiger partial charge in [-0.1, -0.05) is 0 Å². The Hall–Kier alpha value is -1.57. The Morgan fingerprint density at radius 3 is 1.96 bits per heavy atom. The Bertz CT molecular complexity index is 391. The molecule has 136 valence electrons. The van der Waals surface area contributed by atoms with Gasteiger partial charge < -0.3 is 25.8 Å².